The summed E-state index contributed by atoms with van der Waals surface area (Å²) in [5, 5.41) is 0. The predicted octanol–water partition coefficient (Wildman–Crippen LogP) is 3.61. The minimum Gasteiger partial charge on any atom is -0.465 e. The van der Waals surface area contributed by atoms with Crippen molar-refractivity contribution in [3.05, 3.63) is 41.5 Å². The highest BCUT2D eigenvalue weighted by atomic mass is 16.6. The molecule has 4 heteroatoms. The van der Waals surface area contributed by atoms with Gasteiger partial charge in [0.25, 0.3) is 0 Å². The average molecular weight is 316 g/mol. The Bertz CT molecular complexity index is 571. The summed E-state index contributed by atoms with van der Waals surface area (Å²) in [7, 11) is 0. The molecule has 1 atom stereocenters. The van der Waals surface area contributed by atoms with E-state index in [-0.39, 0.29) is 19.1 Å². The van der Waals surface area contributed by atoms with E-state index >= 15 is 0 Å². The molecule has 1 aromatic carbocycles. The number of ether oxygens (including phenoxy) is 2. The molecular formula is C19H24O4. The van der Waals surface area contributed by atoms with Crippen molar-refractivity contribution < 1.29 is 19.1 Å². The zero-order valence-electron chi connectivity index (χ0n) is 14.0. The van der Waals surface area contributed by atoms with Crippen molar-refractivity contribution >= 4 is 18.0 Å². The first-order valence-electron chi connectivity index (χ1n) is 8.13. The first-order valence-corrected chi connectivity index (χ1v) is 8.13. The summed E-state index contributed by atoms with van der Waals surface area (Å²) in [5.74, 6) is -0.812. The molecule has 0 bridgehead atoms. The molecule has 124 valence electrons. The van der Waals surface area contributed by atoms with Gasteiger partial charge < -0.3 is 9.47 Å². The third-order valence-corrected chi connectivity index (χ3v) is 4.28. The van der Waals surface area contributed by atoms with Crippen LogP contribution in [0.15, 0.2) is 35.9 Å². The lowest BCUT2D eigenvalue weighted by Crippen LogP contribution is -2.40. The van der Waals surface area contributed by atoms with E-state index in [1.165, 1.54) is 0 Å². The van der Waals surface area contributed by atoms with Gasteiger partial charge in [0.2, 0.25) is 0 Å². The van der Waals surface area contributed by atoms with Crippen LogP contribution in [0.1, 0.15) is 39.2 Å². The number of allylic oxidation sites excluding steroid dienone is 1. The van der Waals surface area contributed by atoms with Gasteiger partial charge in [-0.2, -0.15) is 0 Å². The van der Waals surface area contributed by atoms with Gasteiger partial charge in [-0.25, -0.2) is 0 Å². The maximum absolute atomic E-state index is 12.5. The van der Waals surface area contributed by atoms with Crippen LogP contribution in [-0.2, 0) is 19.1 Å². The van der Waals surface area contributed by atoms with Crippen LogP contribution in [0, 0.1) is 11.3 Å². The fourth-order valence-corrected chi connectivity index (χ4v) is 3.14. The highest BCUT2D eigenvalue weighted by Gasteiger charge is 2.54. The number of hydrogen-bond acceptors (Lipinski definition) is 4. The standard InChI is InChI=1S/C19H24O4/c1-4-22-17(20)19(18(21)23-5-2)12-14(3)16(13-19)11-15-9-7-6-8-10-15/h6-11,14H,4-5,12-13H2,1-3H3/b16-11-. The van der Waals surface area contributed by atoms with Gasteiger partial charge in [-0.3, -0.25) is 9.59 Å². The molecule has 0 aliphatic heterocycles. The lowest BCUT2D eigenvalue weighted by molar-refractivity contribution is -0.171. The SMILES string of the molecule is CCOC(=O)C1(C(=O)OCC)C/C(=C/c2ccccc2)C(C)C1. The van der Waals surface area contributed by atoms with E-state index in [0.717, 1.165) is 11.1 Å². The molecule has 0 radical (unpaired) electrons. The molecule has 0 N–H and O–H groups in total. The smallest absolute Gasteiger partial charge is 0.323 e. The van der Waals surface area contributed by atoms with Crippen LogP contribution < -0.4 is 0 Å². The average Bonchev–Trinajstić information content (AvgIpc) is 2.87. The maximum atomic E-state index is 12.5. The van der Waals surface area contributed by atoms with Crippen molar-refractivity contribution in [1.82, 2.24) is 0 Å². The van der Waals surface area contributed by atoms with Crippen molar-refractivity contribution in [3.63, 3.8) is 0 Å². The third kappa shape index (κ3) is 3.63. The molecule has 1 aliphatic carbocycles. The van der Waals surface area contributed by atoms with Crippen molar-refractivity contribution in [2.75, 3.05) is 13.2 Å². The number of benzene rings is 1. The highest BCUT2D eigenvalue weighted by molar-refractivity contribution is 6.01. The van der Waals surface area contributed by atoms with Gasteiger partial charge in [-0.15, -0.1) is 0 Å². The van der Waals surface area contributed by atoms with Crippen molar-refractivity contribution in [3.8, 4) is 0 Å². The minimum absolute atomic E-state index is 0.129. The van der Waals surface area contributed by atoms with Crippen LogP contribution in [0.3, 0.4) is 0 Å². The second-order valence-electron chi connectivity index (χ2n) is 5.93. The monoisotopic (exact) mass is 316 g/mol. The van der Waals surface area contributed by atoms with E-state index < -0.39 is 17.4 Å². The van der Waals surface area contributed by atoms with E-state index in [1.807, 2.05) is 37.3 Å². The first-order chi connectivity index (χ1) is 11.0. The summed E-state index contributed by atoms with van der Waals surface area (Å²) in [6.45, 7) is 6.04. The zero-order valence-corrected chi connectivity index (χ0v) is 14.0. The Morgan fingerprint density at radius 2 is 1.70 bits per heavy atom. The van der Waals surface area contributed by atoms with E-state index in [9.17, 15) is 9.59 Å². The van der Waals surface area contributed by atoms with Crippen molar-refractivity contribution in [2.24, 2.45) is 11.3 Å². The predicted molar refractivity (Wildman–Crippen MR) is 88.5 cm³/mol. The van der Waals surface area contributed by atoms with Crippen molar-refractivity contribution in [1.29, 1.82) is 0 Å². The summed E-state index contributed by atoms with van der Waals surface area (Å²) in [6, 6.07) is 9.91. The molecule has 1 aromatic rings. The Morgan fingerprint density at radius 3 is 2.22 bits per heavy atom. The normalized spacial score (nSPS) is 21.2. The van der Waals surface area contributed by atoms with E-state index in [4.69, 9.17) is 9.47 Å². The molecule has 0 amide bonds. The van der Waals surface area contributed by atoms with E-state index in [0.29, 0.717) is 12.8 Å². The number of esters is 2. The van der Waals surface area contributed by atoms with Crippen LogP contribution in [0.5, 0.6) is 0 Å². The quantitative estimate of drug-likeness (QED) is 0.615. The molecular weight excluding hydrogens is 292 g/mol. The largest absolute Gasteiger partial charge is 0.465 e. The van der Waals surface area contributed by atoms with Gasteiger partial charge in [0.15, 0.2) is 5.41 Å². The fourth-order valence-electron chi connectivity index (χ4n) is 3.14. The van der Waals surface area contributed by atoms with E-state index in [2.05, 4.69) is 6.08 Å². The van der Waals surface area contributed by atoms with Crippen LogP contribution in [0.4, 0.5) is 0 Å². The molecule has 1 saturated carbocycles. The molecule has 0 spiro atoms. The van der Waals surface area contributed by atoms with Gasteiger partial charge in [-0.05, 0) is 38.2 Å². The van der Waals surface area contributed by atoms with Gasteiger partial charge in [0.05, 0.1) is 13.2 Å². The Labute approximate surface area is 137 Å². The van der Waals surface area contributed by atoms with Crippen LogP contribution >= 0.6 is 0 Å². The summed E-state index contributed by atoms with van der Waals surface area (Å²) in [5.41, 5.74) is 0.946. The molecule has 0 heterocycles. The Morgan fingerprint density at radius 1 is 1.13 bits per heavy atom. The topological polar surface area (TPSA) is 52.6 Å². The zero-order chi connectivity index (χ0) is 16.9. The second-order valence-corrected chi connectivity index (χ2v) is 5.93. The van der Waals surface area contributed by atoms with Gasteiger partial charge in [-0.1, -0.05) is 48.9 Å². The highest BCUT2D eigenvalue weighted by Crippen LogP contribution is 2.47. The molecule has 1 unspecified atom stereocenters. The fraction of sp³-hybridized carbons (Fsp3) is 0.474. The first kappa shape index (κ1) is 17.3. The van der Waals surface area contributed by atoms with Crippen LogP contribution in [0.25, 0.3) is 6.08 Å². The van der Waals surface area contributed by atoms with Gasteiger partial charge in [0.1, 0.15) is 0 Å². The van der Waals surface area contributed by atoms with Gasteiger partial charge >= 0.3 is 11.9 Å². The molecule has 0 aromatic heterocycles. The molecule has 1 aliphatic rings. The molecule has 0 saturated heterocycles. The lowest BCUT2D eigenvalue weighted by atomic mass is 9.85. The van der Waals surface area contributed by atoms with Crippen molar-refractivity contribution in [2.45, 2.75) is 33.6 Å². The molecule has 2 rings (SSSR count). The summed E-state index contributed by atoms with van der Waals surface area (Å²) in [6.07, 6.45) is 2.86. The second kappa shape index (κ2) is 7.44. The lowest BCUT2D eigenvalue weighted by Gasteiger charge is -2.24. The summed E-state index contributed by atoms with van der Waals surface area (Å²) < 4.78 is 10.4. The number of hydrogen-bond donors (Lipinski definition) is 0. The summed E-state index contributed by atoms with van der Waals surface area (Å²) >= 11 is 0. The molecule has 4 nitrogen and oxygen atoms in total. The third-order valence-electron chi connectivity index (χ3n) is 4.28. The summed E-state index contributed by atoms with van der Waals surface area (Å²) in [4.78, 5) is 25.0. The minimum atomic E-state index is -1.20. The van der Waals surface area contributed by atoms with Gasteiger partial charge in [0, 0.05) is 0 Å². The molecule has 1 fully saturated rings. The van der Waals surface area contributed by atoms with Crippen LogP contribution in [-0.4, -0.2) is 25.2 Å². The molecule has 23 heavy (non-hydrogen) atoms. The van der Waals surface area contributed by atoms with E-state index in [1.54, 1.807) is 13.8 Å². The Kier molecular flexibility index (Phi) is 5.59. The number of carbonyl (C=O) groups excluding carboxylic acids is 2. The number of rotatable bonds is 5. The Balaban J connectivity index is 2.33. The Hall–Kier alpha value is -2.10. The maximum Gasteiger partial charge on any atom is 0.323 e. The number of carbonyl (C=O) groups is 2. The van der Waals surface area contributed by atoms with Crippen LogP contribution in [0.2, 0.25) is 0 Å².